The Bertz CT molecular complexity index is 292. The highest BCUT2D eigenvalue weighted by atomic mass is 31.2. The van der Waals surface area contributed by atoms with Gasteiger partial charge in [0.2, 0.25) is 0 Å². The van der Waals surface area contributed by atoms with Crippen LogP contribution in [-0.2, 0) is 13.6 Å². The summed E-state index contributed by atoms with van der Waals surface area (Å²) in [6, 6.07) is 0.361. The van der Waals surface area contributed by atoms with Crippen LogP contribution in [-0.4, -0.2) is 23.5 Å². The van der Waals surface area contributed by atoms with Crippen LogP contribution in [0.5, 0.6) is 0 Å². The van der Waals surface area contributed by atoms with Crippen molar-refractivity contribution in [3.05, 3.63) is 0 Å². The van der Waals surface area contributed by atoms with Gasteiger partial charge in [0.1, 0.15) is 5.28 Å². The van der Waals surface area contributed by atoms with Gasteiger partial charge in [0.15, 0.2) is 0 Å². The van der Waals surface area contributed by atoms with Crippen LogP contribution in [0.3, 0.4) is 0 Å². The lowest BCUT2D eigenvalue weighted by atomic mass is 10.2. The van der Waals surface area contributed by atoms with E-state index in [4.69, 9.17) is 9.05 Å². The first-order valence-corrected chi connectivity index (χ1v) is 7.97. The van der Waals surface area contributed by atoms with E-state index in [0.29, 0.717) is 6.04 Å². The molecule has 1 aliphatic rings. The Morgan fingerprint density at radius 3 is 2.00 bits per heavy atom. The van der Waals surface area contributed by atoms with Crippen molar-refractivity contribution in [1.29, 1.82) is 0 Å². The average molecular weight is 263 g/mol. The van der Waals surface area contributed by atoms with Gasteiger partial charge < -0.3 is 9.05 Å². The van der Waals surface area contributed by atoms with Crippen molar-refractivity contribution in [3.63, 3.8) is 0 Å². The van der Waals surface area contributed by atoms with Gasteiger partial charge in [-0.3, -0.25) is 9.88 Å². The molecule has 4 nitrogen and oxygen atoms in total. The van der Waals surface area contributed by atoms with Crippen LogP contribution in [0.1, 0.15) is 54.4 Å². The van der Waals surface area contributed by atoms with Crippen molar-refractivity contribution in [1.82, 2.24) is 5.32 Å². The highest BCUT2D eigenvalue weighted by Gasteiger charge is 2.51. The molecule has 0 spiro atoms. The second kappa shape index (κ2) is 5.40. The Labute approximate surface area is 105 Å². The summed E-state index contributed by atoms with van der Waals surface area (Å²) in [7, 11) is -3.14. The van der Waals surface area contributed by atoms with Crippen molar-refractivity contribution in [3.8, 4) is 0 Å². The van der Waals surface area contributed by atoms with Gasteiger partial charge in [-0.1, -0.05) is 0 Å². The molecule has 0 radical (unpaired) electrons. The van der Waals surface area contributed by atoms with Crippen LogP contribution >= 0.6 is 7.60 Å². The van der Waals surface area contributed by atoms with Crippen LogP contribution in [0.25, 0.3) is 0 Å². The molecule has 0 aromatic carbocycles. The summed E-state index contributed by atoms with van der Waals surface area (Å²) in [6.45, 7) is 11.6. The van der Waals surface area contributed by atoms with E-state index in [9.17, 15) is 4.57 Å². The number of nitrogens with one attached hydrogen (secondary N) is 1. The Morgan fingerprint density at radius 2 is 1.71 bits per heavy atom. The van der Waals surface area contributed by atoms with E-state index in [-0.39, 0.29) is 12.2 Å². The molecule has 1 heterocycles. The molecule has 1 N–H and O–H groups in total. The minimum Gasteiger partial charge on any atom is -0.305 e. The third-order valence-electron chi connectivity index (χ3n) is 2.93. The van der Waals surface area contributed by atoms with E-state index < -0.39 is 12.9 Å². The first-order chi connectivity index (χ1) is 7.68. The van der Waals surface area contributed by atoms with E-state index >= 15 is 0 Å². The first kappa shape index (κ1) is 15.2. The van der Waals surface area contributed by atoms with Crippen molar-refractivity contribution in [2.75, 3.05) is 0 Å². The zero-order valence-corrected chi connectivity index (χ0v) is 12.7. The van der Waals surface area contributed by atoms with Gasteiger partial charge in [-0.2, -0.15) is 0 Å². The Balaban J connectivity index is 2.93. The van der Waals surface area contributed by atoms with E-state index in [1.807, 2.05) is 34.6 Å². The minimum absolute atomic E-state index is 0.103. The van der Waals surface area contributed by atoms with Gasteiger partial charge in [0.25, 0.3) is 0 Å². The quantitative estimate of drug-likeness (QED) is 0.771. The Kier molecular flexibility index (Phi) is 4.81. The maximum absolute atomic E-state index is 13.0. The van der Waals surface area contributed by atoms with Gasteiger partial charge in [0, 0.05) is 6.04 Å². The fraction of sp³-hybridized carbons (Fsp3) is 1.00. The highest BCUT2D eigenvalue weighted by Crippen LogP contribution is 2.63. The molecule has 1 fully saturated rings. The standard InChI is InChI=1S/C12H26NO3P/c1-9(2)15-17(14,16-10(3)4)12(6)8-7-11(5)13-12/h9-11,13H,7-8H2,1-6H3. The summed E-state index contributed by atoms with van der Waals surface area (Å²) >= 11 is 0. The molecule has 102 valence electrons. The Hall–Kier alpha value is 0.110. The van der Waals surface area contributed by atoms with Crippen LogP contribution < -0.4 is 5.32 Å². The van der Waals surface area contributed by atoms with Crippen LogP contribution in [0.2, 0.25) is 0 Å². The zero-order chi connectivity index (χ0) is 13.3. The number of hydrogen-bond donors (Lipinski definition) is 1. The van der Waals surface area contributed by atoms with Crippen LogP contribution in [0.15, 0.2) is 0 Å². The van der Waals surface area contributed by atoms with E-state index in [0.717, 1.165) is 12.8 Å². The monoisotopic (exact) mass is 263 g/mol. The summed E-state index contributed by atoms with van der Waals surface area (Å²) in [5, 5.41) is 2.81. The summed E-state index contributed by atoms with van der Waals surface area (Å²) in [5.41, 5.74) is 0. The van der Waals surface area contributed by atoms with Crippen LogP contribution in [0, 0.1) is 0 Å². The topological polar surface area (TPSA) is 47.6 Å². The van der Waals surface area contributed by atoms with E-state index in [1.54, 1.807) is 0 Å². The molecule has 1 aliphatic heterocycles. The molecule has 0 aromatic rings. The zero-order valence-electron chi connectivity index (χ0n) is 11.8. The van der Waals surface area contributed by atoms with Gasteiger partial charge in [0.05, 0.1) is 12.2 Å². The lowest BCUT2D eigenvalue weighted by molar-refractivity contribution is 0.124. The van der Waals surface area contributed by atoms with Gasteiger partial charge >= 0.3 is 7.60 Å². The molecular formula is C12H26NO3P. The lowest BCUT2D eigenvalue weighted by Crippen LogP contribution is -2.41. The van der Waals surface area contributed by atoms with Crippen molar-refractivity contribution in [2.24, 2.45) is 0 Å². The lowest BCUT2D eigenvalue weighted by Gasteiger charge is -2.35. The molecular weight excluding hydrogens is 237 g/mol. The van der Waals surface area contributed by atoms with Crippen LogP contribution in [0.4, 0.5) is 0 Å². The Morgan fingerprint density at radius 1 is 1.24 bits per heavy atom. The average Bonchev–Trinajstić information content (AvgIpc) is 2.44. The van der Waals surface area contributed by atoms with E-state index in [2.05, 4.69) is 12.2 Å². The molecule has 1 saturated heterocycles. The van der Waals surface area contributed by atoms with Crippen molar-refractivity contribution in [2.45, 2.75) is 77.9 Å². The maximum Gasteiger partial charge on any atom is 0.350 e. The second-order valence-corrected chi connectivity index (χ2v) is 8.07. The smallest absolute Gasteiger partial charge is 0.305 e. The molecule has 1 rings (SSSR count). The normalized spacial score (nSPS) is 30.5. The number of rotatable bonds is 5. The molecule has 0 aromatic heterocycles. The largest absolute Gasteiger partial charge is 0.350 e. The summed E-state index contributed by atoms with van der Waals surface area (Å²) < 4.78 is 24.3. The molecule has 0 aliphatic carbocycles. The molecule has 0 amide bonds. The van der Waals surface area contributed by atoms with Crippen molar-refractivity contribution < 1.29 is 13.6 Å². The molecule has 0 saturated carbocycles. The third kappa shape index (κ3) is 3.54. The summed E-state index contributed by atoms with van der Waals surface area (Å²) in [6.07, 6.45) is 1.62. The fourth-order valence-corrected chi connectivity index (χ4v) is 4.61. The van der Waals surface area contributed by atoms with Crippen molar-refractivity contribution >= 4 is 7.60 Å². The first-order valence-electron chi connectivity index (χ1n) is 6.43. The molecule has 2 atom stereocenters. The van der Waals surface area contributed by atoms with Gasteiger partial charge in [-0.05, 0) is 54.4 Å². The molecule has 5 heteroatoms. The minimum atomic E-state index is -3.14. The second-order valence-electron chi connectivity index (χ2n) is 5.66. The molecule has 2 unspecified atom stereocenters. The molecule has 17 heavy (non-hydrogen) atoms. The van der Waals surface area contributed by atoms with E-state index in [1.165, 1.54) is 0 Å². The highest BCUT2D eigenvalue weighted by molar-refractivity contribution is 7.55. The summed E-state index contributed by atoms with van der Waals surface area (Å²) in [5.74, 6) is 0. The number of hydrogen-bond acceptors (Lipinski definition) is 4. The molecule has 0 bridgehead atoms. The third-order valence-corrected chi connectivity index (χ3v) is 5.89. The summed E-state index contributed by atoms with van der Waals surface area (Å²) in [4.78, 5) is 0. The predicted molar refractivity (Wildman–Crippen MR) is 70.3 cm³/mol. The maximum atomic E-state index is 13.0. The predicted octanol–water partition coefficient (Wildman–Crippen LogP) is 3.52. The van der Waals surface area contributed by atoms with Gasteiger partial charge in [-0.25, -0.2) is 0 Å². The SMILES string of the molecule is CC1CCC(C)(P(=O)(OC(C)C)OC(C)C)N1. The fourth-order valence-electron chi connectivity index (χ4n) is 2.20. The van der Waals surface area contributed by atoms with Gasteiger partial charge in [-0.15, -0.1) is 0 Å².